The lowest BCUT2D eigenvalue weighted by atomic mass is 9.82. The van der Waals surface area contributed by atoms with Crippen LogP contribution in [0.5, 0.6) is 0 Å². The topological polar surface area (TPSA) is 51.8 Å². The van der Waals surface area contributed by atoms with Gasteiger partial charge >= 0.3 is 0 Å². The van der Waals surface area contributed by atoms with Crippen LogP contribution in [0.25, 0.3) is 67.2 Å². The molecular weight excluding hydrogens is 622 g/mol. The van der Waals surface area contributed by atoms with Crippen LogP contribution >= 0.6 is 11.6 Å². The van der Waals surface area contributed by atoms with Crippen LogP contribution in [0.2, 0.25) is 5.02 Å². The summed E-state index contributed by atoms with van der Waals surface area (Å²) in [6.45, 7) is 4.57. The molecule has 0 aliphatic heterocycles. The van der Waals surface area contributed by atoms with Gasteiger partial charge in [0, 0.05) is 69.2 Å². The highest BCUT2D eigenvalue weighted by Gasteiger charge is 2.35. The molecule has 0 amide bonds. The number of fused-ring (bicyclic) bond motifs is 6. The molecule has 0 bridgehead atoms. The first kappa shape index (κ1) is 28.6. The number of furan rings is 1. The molecule has 44 heavy (non-hydrogen) atoms. The van der Waals surface area contributed by atoms with E-state index in [1.54, 1.807) is 0 Å². The monoisotopic (exact) mass is 645 g/mol. The van der Waals surface area contributed by atoms with E-state index in [0.717, 1.165) is 47.5 Å². The quantitative estimate of drug-likeness (QED) is 0.191. The predicted octanol–water partition coefficient (Wildman–Crippen LogP) is 9.72. The number of benzene rings is 5. The summed E-state index contributed by atoms with van der Waals surface area (Å²) in [4.78, 5) is 15.1. The third kappa shape index (κ3) is 4.86. The van der Waals surface area contributed by atoms with Crippen molar-refractivity contribution in [1.29, 1.82) is 0 Å². The molecule has 1 aliphatic carbocycles. The Morgan fingerprint density at radius 1 is 0.614 bits per heavy atom. The van der Waals surface area contributed by atoms with Crippen molar-refractivity contribution >= 4 is 64.8 Å². The van der Waals surface area contributed by atoms with Gasteiger partial charge in [0.15, 0.2) is 17.5 Å². The molecule has 0 unspecified atom stereocenters. The molecule has 1 aliphatic rings. The van der Waals surface area contributed by atoms with Gasteiger partial charge in [-0.3, -0.25) is 0 Å². The second kappa shape index (κ2) is 11.4. The summed E-state index contributed by atoms with van der Waals surface area (Å²) in [5, 5.41) is 2.52. The molecule has 4 nitrogen and oxygen atoms in total. The molecule has 2 aromatic heterocycles. The van der Waals surface area contributed by atoms with Crippen LogP contribution in [0.4, 0.5) is 0 Å². The number of hydrogen-bond acceptors (Lipinski definition) is 6. The molecular formula is C36H24ClN3OS3. The molecule has 0 fully saturated rings. The Bertz CT molecular complexity index is 2260. The zero-order valence-electron chi connectivity index (χ0n) is 23.7. The predicted molar refractivity (Wildman–Crippen MR) is 188 cm³/mol. The zero-order valence-corrected chi connectivity index (χ0v) is 27.0. The zero-order chi connectivity index (χ0) is 30.4. The van der Waals surface area contributed by atoms with Crippen molar-refractivity contribution in [2.75, 3.05) is 0 Å². The van der Waals surface area contributed by atoms with Crippen molar-refractivity contribution < 1.29 is 4.42 Å². The van der Waals surface area contributed by atoms with Crippen molar-refractivity contribution in [1.82, 2.24) is 15.0 Å². The normalized spacial score (nSPS) is 12.8. The summed E-state index contributed by atoms with van der Waals surface area (Å²) in [6, 6.07) is 36.9. The lowest BCUT2D eigenvalue weighted by Crippen LogP contribution is -2.15. The van der Waals surface area contributed by atoms with E-state index in [2.05, 4.69) is 78.7 Å². The summed E-state index contributed by atoms with van der Waals surface area (Å²) in [6.07, 6.45) is 0. The number of aromatic nitrogens is 3. The third-order valence-electron chi connectivity index (χ3n) is 8.21. The summed E-state index contributed by atoms with van der Waals surface area (Å²) in [5.41, 5.74) is 9.34. The van der Waals surface area contributed by atoms with Crippen LogP contribution in [0.3, 0.4) is 0 Å². The second-order valence-electron chi connectivity index (χ2n) is 11.1. The molecule has 0 saturated carbocycles. The minimum Gasteiger partial charge on any atom is -0.456 e. The van der Waals surface area contributed by atoms with Crippen molar-refractivity contribution in [3.63, 3.8) is 0 Å². The lowest BCUT2D eigenvalue weighted by molar-refractivity contribution is 0.660. The minimum atomic E-state index is -0.124. The largest absolute Gasteiger partial charge is 0.456 e. The van der Waals surface area contributed by atoms with E-state index >= 15 is 0 Å². The van der Waals surface area contributed by atoms with Gasteiger partial charge in [0.05, 0.1) is 0 Å². The van der Waals surface area contributed by atoms with Crippen LogP contribution in [0.15, 0.2) is 114 Å². The highest BCUT2D eigenvalue weighted by atomic mass is 35.5. The molecule has 2 heterocycles. The van der Waals surface area contributed by atoms with E-state index in [1.165, 1.54) is 22.3 Å². The summed E-state index contributed by atoms with van der Waals surface area (Å²) < 4.78 is 6.17. The van der Waals surface area contributed by atoms with Crippen LogP contribution in [0, 0.1) is 0 Å². The maximum Gasteiger partial charge on any atom is 0.164 e. The molecule has 0 saturated heterocycles. The number of hydrogen-bond donors (Lipinski definition) is 0. The molecule has 0 spiro atoms. The van der Waals surface area contributed by atoms with E-state index in [1.807, 2.05) is 66.7 Å². The van der Waals surface area contributed by atoms with Gasteiger partial charge in [0.1, 0.15) is 11.2 Å². The Hall–Kier alpha value is -4.14. The van der Waals surface area contributed by atoms with Crippen molar-refractivity contribution in [3.8, 4) is 45.3 Å². The van der Waals surface area contributed by atoms with E-state index in [9.17, 15) is 0 Å². The molecule has 0 N–H and O–H groups in total. The van der Waals surface area contributed by atoms with Crippen molar-refractivity contribution in [2.24, 2.45) is 0 Å². The molecule has 7 aromatic rings. The fraction of sp³-hybridized carbons (Fsp3) is 0.0833. The van der Waals surface area contributed by atoms with E-state index in [4.69, 9.17) is 31.0 Å². The van der Waals surface area contributed by atoms with Crippen molar-refractivity contribution in [2.45, 2.75) is 19.3 Å². The molecule has 0 radical (unpaired) electrons. The highest BCUT2D eigenvalue weighted by Crippen LogP contribution is 2.49. The minimum absolute atomic E-state index is 0.124. The summed E-state index contributed by atoms with van der Waals surface area (Å²) in [7, 11) is 0.917. The average Bonchev–Trinajstić information content (AvgIpc) is 3.53. The van der Waals surface area contributed by atoms with Crippen LogP contribution in [-0.4, -0.2) is 15.0 Å². The highest BCUT2D eigenvalue weighted by molar-refractivity contribution is 8.37. The SMILES string of the molecule is CC1(C)c2ccccc2-c2ccc(-c3nc(-c4ccccc4)nc(-c4cccc5oc6ccc(Cl)cc6c45)n3)cc21.S=S=S. The van der Waals surface area contributed by atoms with Gasteiger partial charge in [-0.25, -0.2) is 15.0 Å². The van der Waals surface area contributed by atoms with Gasteiger partial charge < -0.3 is 4.42 Å². The maximum atomic E-state index is 6.40. The Kier molecular flexibility index (Phi) is 7.42. The summed E-state index contributed by atoms with van der Waals surface area (Å²) in [5.74, 6) is 1.84. The second-order valence-corrected chi connectivity index (χ2v) is 13.3. The molecule has 8 heteroatoms. The molecule has 8 rings (SSSR count). The van der Waals surface area contributed by atoms with Crippen LogP contribution in [0.1, 0.15) is 25.0 Å². The number of nitrogens with zero attached hydrogens (tertiary/aromatic N) is 3. The van der Waals surface area contributed by atoms with Gasteiger partial charge in [-0.15, -0.1) is 0 Å². The van der Waals surface area contributed by atoms with Gasteiger partial charge in [-0.2, -0.15) is 0 Å². The Morgan fingerprint density at radius 3 is 2.07 bits per heavy atom. The molecule has 5 aromatic carbocycles. The standard InChI is InChI=1S/C36H24ClN3O.S3/c1-36(2)28-13-7-6-11-24(28)25-17-15-22(19-29(25)36)34-38-33(21-9-4-3-5-10-21)39-35(40-34)26-12-8-14-31-32(26)27-20-23(37)16-18-30(27)41-31;1-3-2/h3-20H,1-2H3;. The van der Waals surface area contributed by atoms with E-state index in [0.29, 0.717) is 22.5 Å². The van der Waals surface area contributed by atoms with Gasteiger partial charge in [0.2, 0.25) is 0 Å². The summed E-state index contributed by atoms with van der Waals surface area (Å²) >= 11 is 14.7. The van der Waals surface area contributed by atoms with Crippen LogP contribution in [-0.2, 0) is 36.7 Å². The first-order chi connectivity index (χ1) is 21.4. The van der Waals surface area contributed by atoms with Gasteiger partial charge in [0.25, 0.3) is 0 Å². The first-order valence-electron chi connectivity index (χ1n) is 14.0. The fourth-order valence-electron chi connectivity index (χ4n) is 6.17. The maximum absolute atomic E-state index is 6.40. The Morgan fingerprint density at radius 2 is 1.27 bits per heavy atom. The van der Waals surface area contributed by atoms with Gasteiger partial charge in [-0.1, -0.05) is 104 Å². The fourth-order valence-corrected chi connectivity index (χ4v) is 6.34. The molecule has 214 valence electrons. The molecule has 0 atom stereocenters. The number of rotatable bonds is 3. The van der Waals surface area contributed by atoms with Crippen LogP contribution < -0.4 is 0 Å². The average molecular weight is 646 g/mol. The van der Waals surface area contributed by atoms with Crippen molar-refractivity contribution in [3.05, 3.63) is 125 Å². The van der Waals surface area contributed by atoms with Gasteiger partial charge in [-0.05, 0) is 52.6 Å². The third-order valence-corrected chi connectivity index (χ3v) is 8.44. The Labute approximate surface area is 272 Å². The number of halogens is 1. The van der Waals surface area contributed by atoms with E-state index in [-0.39, 0.29) is 5.41 Å². The smallest absolute Gasteiger partial charge is 0.164 e. The Balaban J connectivity index is 0.00000100. The lowest BCUT2D eigenvalue weighted by Gasteiger charge is -2.21. The first-order valence-corrected chi connectivity index (χ1v) is 17.0. The van der Waals surface area contributed by atoms with E-state index < -0.39 is 0 Å².